The summed E-state index contributed by atoms with van der Waals surface area (Å²) >= 11 is 0. The summed E-state index contributed by atoms with van der Waals surface area (Å²) in [6.45, 7) is 1.78. The fourth-order valence-electron chi connectivity index (χ4n) is 4.48. The molecule has 148 valence electrons. The normalized spacial score (nSPS) is 23.2. The number of urea groups is 1. The number of carbonyl (C=O) groups excluding carboxylic acids is 1. The Hall–Kier alpha value is -2.63. The number of hydrogen-bond acceptors (Lipinski definition) is 4. The van der Waals surface area contributed by atoms with Crippen LogP contribution < -0.4 is 15.5 Å². The molecule has 1 saturated heterocycles. The van der Waals surface area contributed by atoms with Crippen molar-refractivity contribution in [3.63, 3.8) is 0 Å². The number of piperidine rings is 1. The fourth-order valence-corrected chi connectivity index (χ4v) is 4.48. The number of carbonyl (C=O) groups is 1. The summed E-state index contributed by atoms with van der Waals surface area (Å²) in [6, 6.07) is 15.0. The molecule has 1 aliphatic heterocycles. The monoisotopic (exact) mass is 379 g/mol. The Morgan fingerprint density at radius 3 is 2.46 bits per heavy atom. The molecule has 6 nitrogen and oxygen atoms in total. The number of aromatic nitrogens is 2. The predicted octanol–water partition coefficient (Wildman–Crippen LogP) is 3.47. The molecule has 2 amide bonds. The second kappa shape index (κ2) is 9.04. The van der Waals surface area contributed by atoms with Gasteiger partial charge in [0.2, 0.25) is 0 Å². The van der Waals surface area contributed by atoms with Crippen molar-refractivity contribution in [2.24, 2.45) is 0 Å². The largest absolute Gasteiger partial charge is 0.355 e. The van der Waals surface area contributed by atoms with Gasteiger partial charge >= 0.3 is 6.03 Å². The summed E-state index contributed by atoms with van der Waals surface area (Å²) in [5.74, 6) is 1.47. The molecule has 2 aliphatic rings. The lowest BCUT2D eigenvalue weighted by molar-refractivity contribution is 0.224. The van der Waals surface area contributed by atoms with Crippen LogP contribution in [0.5, 0.6) is 0 Å². The maximum Gasteiger partial charge on any atom is 0.315 e. The standard InChI is InChI=1S/C22H29N5O/c28-22(24-19-11-14-27(15-12-19)21-10-5-13-23-26-21)25-20-9-4-8-18(16-20)17-6-2-1-3-7-17/h1-3,5-7,10,13,18-20H,4,8-9,11-12,14-16H2,(H2,24,25,28). The molecule has 2 heterocycles. The van der Waals surface area contributed by atoms with Crippen LogP contribution in [0, 0.1) is 0 Å². The van der Waals surface area contributed by atoms with E-state index in [2.05, 4.69) is 56.1 Å². The Balaban J connectivity index is 1.22. The molecule has 0 spiro atoms. The first kappa shape index (κ1) is 18.7. The summed E-state index contributed by atoms with van der Waals surface area (Å²) in [5.41, 5.74) is 1.39. The van der Waals surface area contributed by atoms with E-state index in [1.165, 1.54) is 18.4 Å². The second-order valence-corrected chi connectivity index (χ2v) is 7.93. The van der Waals surface area contributed by atoms with Crippen LogP contribution >= 0.6 is 0 Å². The molecule has 28 heavy (non-hydrogen) atoms. The van der Waals surface area contributed by atoms with Gasteiger partial charge < -0.3 is 15.5 Å². The van der Waals surface area contributed by atoms with Gasteiger partial charge in [-0.2, -0.15) is 5.10 Å². The first-order valence-corrected chi connectivity index (χ1v) is 10.4. The molecule has 1 aromatic heterocycles. The lowest BCUT2D eigenvalue weighted by Gasteiger charge is -2.34. The van der Waals surface area contributed by atoms with Crippen LogP contribution in [0.3, 0.4) is 0 Å². The van der Waals surface area contributed by atoms with Gasteiger partial charge in [-0.3, -0.25) is 0 Å². The van der Waals surface area contributed by atoms with Crippen LogP contribution in [0.25, 0.3) is 0 Å². The molecule has 0 radical (unpaired) electrons. The average molecular weight is 380 g/mol. The van der Waals surface area contributed by atoms with E-state index in [9.17, 15) is 4.79 Å². The molecule has 1 saturated carbocycles. The molecule has 2 aromatic rings. The summed E-state index contributed by atoms with van der Waals surface area (Å²) in [4.78, 5) is 14.7. The SMILES string of the molecule is O=C(NC1CCN(c2cccnn2)CC1)NC1CCCC(c2ccccc2)C1. The Morgan fingerprint density at radius 2 is 1.71 bits per heavy atom. The van der Waals surface area contributed by atoms with Crippen molar-refractivity contribution >= 4 is 11.8 Å². The molecule has 0 bridgehead atoms. The highest BCUT2D eigenvalue weighted by Gasteiger charge is 2.26. The van der Waals surface area contributed by atoms with Crippen LogP contribution in [0.1, 0.15) is 50.0 Å². The summed E-state index contributed by atoms with van der Waals surface area (Å²) in [5, 5.41) is 14.5. The van der Waals surface area contributed by atoms with Crippen molar-refractivity contribution in [2.45, 2.75) is 56.5 Å². The third-order valence-electron chi connectivity index (χ3n) is 5.99. The maximum atomic E-state index is 12.5. The lowest BCUT2D eigenvalue weighted by atomic mass is 9.81. The molecular formula is C22H29N5O. The van der Waals surface area contributed by atoms with Crippen molar-refractivity contribution in [3.8, 4) is 0 Å². The number of hydrogen-bond donors (Lipinski definition) is 2. The van der Waals surface area contributed by atoms with E-state index in [0.29, 0.717) is 5.92 Å². The minimum atomic E-state index is -0.0170. The number of nitrogens with one attached hydrogen (secondary N) is 2. The Morgan fingerprint density at radius 1 is 0.929 bits per heavy atom. The molecule has 4 rings (SSSR count). The first-order chi connectivity index (χ1) is 13.8. The lowest BCUT2D eigenvalue weighted by Crippen LogP contribution is -2.50. The first-order valence-electron chi connectivity index (χ1n) is 10.4. The van der Waals surface area contributed by atoms with Crippen LogP contribution in [0.2, 0.25) is 0 Å². The van der Waals surface area contributed by atoms with Crippen molar-refractivity contribution in [1.82, 2.24) is 20.8 Å². The fraction of sp³-hybridized carbons (Fsp3) is 0.500. The summed E-state index contributed by atoms with van der Waals surface area (Å²) < 4.78 is 0. The van der Waals surface area contributed by atoms with Crippen LogP contribution in [0.15, 0.2) is 48.7 Å². The third kappa shape index (κ3) is 4.80. The molecular weight excluding hydrogens is 350 g/mol. The van der Waals surface area contributed by atoms with E-state index in [1.54, 1.807) is 6.20 Å². The number of nitrogens with zero attached hydrogens (tertiary/aromatic N) is 3. The highest BCUT2D eigenvalue weighted by atomic mass is 16.2. The molecule has 2 N–H and O–H groups in total. The zero-order chi connectivity index (χ0) is 19.2. The van der Waals surface area contributed by atoms with Gasteiger partial charge in [0, 0.05) is 31.4 Å². The third-order valence-corrected chi connectivity index (χ3v) is 5.99. The summed E-state index contributed by atoms with van der Waals surface area (Å²) in [7, 11) is 0. The minimum Gasteiger partial charge on any atom is -0.355 e. The molecule has 2 fully saturated rings. The maximum absolute atomic E-state index is 12.5. The second-order valence-electron chi connectivity index (χ2n) is 7.93. The number of rotatable bonds is 4. The zero-order valence-corrected chi connectivity index (χ0v) is 16.3. The van der Waals surface area contributed by atoms with Crippen LogP contribution in [0.4, 0.5) is 10.6 Å². The minimum absolute atomic E-state index is 0.0170. The predicted molar refractivity (Wildman–Crippen MR) is 110 cm³/mol. The molecule has 2 unspecified atom stereocenters. The van der Waals surface area contributed by atoms with E-state index in [-0.39, 0.29) is 18.1 Å². The zero-order valence-electron chi connectivity index (χ0n) is 16.3. The van der Waals surface area contributed by atoms with Gasteiger partial charge in [-0.25, -0.2) is 4.79 Å². The van der Waals surface area contributed by atoms with E-state index in [1.807, 2.05) is 12.1 Å². The van der Waals surface area contributed by atoms with Crippen molar-refractivity contribution < 1.29 is 4.79 Å². The van der Waals surface area contributed by atoms with Crippen molar-refractivity contribution in [2.75, 3.05) is 18.0 Å². The molecule has 1 aromatic carbocycles. The van der Waals surface area contributed by atoms with Crippen LogP contribution in [-0.4, -0.2) is 41.4 Å². The van der Waals surface area contributed by atoms with Crippen LogP contribution in [-0.2, 0) is 0 Å². The van der Waals surface area contributed by atoms with E-state index in [4.69, 9.17) is 0 Å². The Bertz CT molecular complexity index is 746. The molecule has 2 atom stereocenters. The van der Waals surface area contributed by atoms with Crippen molar-refractivity contribution in [3.05, 3.63) is 54.2 Å². The smallest absolute Gasteiger partial charge is 0.315 e. The van der Waals surface area contributed by atoms with Gasteiger partial charge in [0.15, 0.2) is 5.82 Å². The highest BCUT2D eigenvalue weighted by Crippen LogP contribution is 2.32. The number of amides is 2. The highest BCUT2D eigenvalue weighted by molar-refractivity contribution is 5.74. The molecule has 6 heteroatoms. The van der Waals surface area contributed by atoms with Gasteiger partial charge in [-0.05, 0) is 55.7 Å². The summed E-state index contributed by atoms with van der Waals surface area (Å²) in [6.07, 6.45) is 8.04. The Kier molecular flexibility index (Phi) is 6.04. The van der Waals surface area contributed by atoms with Gasteiger partial charge in [0.1, 0.15) is 0 Å². The van der Waals surface area contributed by atoms with Gasteiger partial charge in [-0.1, -0.05) is 36.8 Å². The number of anilines is 1. The van der Waals surface area contributed by atoms with Gasteiger partial charge in [-0.15, -0.1) is 5.10 Å². The van der Waals surface area contributed by atoms with Crippen molar-refractivity contribution in [1.29, 1.82) is 0 Å². The molecule has 1 aliphatic carbocycles. The number of benzene rings is 1. The van der Waals surface area contributed by atoms with Gasteiger partial charge in [0.25, 0.3) is 0 Å². The topological polar surface area (TPSA) is 70.2 Å². The Labute approximate surface area is 166 Å². The van der Waals surface area contributed by atoms with Gasteiger partial charge in [0.05, 0.1) is 0 Å². The van der Waals surface area contributed by atoms with E-state index >= 15 is 0 Å². The van der Waals surface area contributed by atoms with E-state index < -0.39 is 0 Å². The quantitative estimate of drug-likeness (QED) is 0.853. The average Bonchev–Trinajstić information content (AvgIpc) is 2.76. The van der Waals surface area contributed by atoms with E-state index in [0.717, 1.165) is 44.6 Å².